The Hall–Kier alpha value is -0.990. The zero-order valence-electron chi connectivity index (χ0n) is 9.83. The van der Waals surface area contributed by atoms with Crippen molar-refractivity contribution in [1.29, 1.82) is 0 Å². The number of aliphatic hydroxyl groups excluding tert-OH is 1. The highest BCUT2D eigenvalue weighted by molar-refractivity contribution is 6.32. The zero-order valence-corrected chi connectivity index (χ0v) is 10.6. The maximum atomic E-state index is 9.38. The summed E-state index contributed by atoms with van der Waals surface area (Å²) in [6, 6.07) is 5.32. The molecule has 1 rings (SSSR count). The number of allylic oxidation sites excluding steroid dienone is 1. The summed E-state index contributed by atoms with van der Waals surface area (Å²) in [6.07, 6.45) is 1.48. The molecule has 0 aromatic heterocycles. The highest BCUT2D eigenvalue weighted by Crippen LogP contribution is 2.27. The fourth-order valence-corrected chi connectivity index (χ4v) is 1.44. The zero-order chi connectivity index (χ0) is 12.1. The lowest BCUT2D eigenvalue weighted by Gasteiger charge is -2.09. The minimum absolute atomic E-state index is 0.510. The van der Waals surface area contributed by atoms with E-state index in [9.17, 15) is 5.11 Å². The molecule has 0 saturated carbocycles. The van der Waals surface area contributed by atoms with E-state index in [1.54, 1.807) is 19.1 Å². The Bertz CT molecular complexity index is 380. The molecule has 0 fully saturated rings. The van der Waals surface area contributed by atoms with Gasteiger partial charge in [0.1, 0.15) is 12.4 Å². The van der Waals surface area contributed by atoms with Crippen molar-refractivity contribution in [3.05, 3.63) is 40.4 Å². The van der Waals surface area contributed by atoms with Crippen LogP contribution in [0.4, 0.5) is 0 Å². The molecule has 0 aliphatic heterocycles. The summed E-state index contributed by atoms with van der Waals surface area (Å²) >= 11 is 6.03. The fraction of sp³-hybridized carbons (Fsp3) is 0.385. The first-order chi connectivity index (χ1) is 7.50. The molecular formula is C13H17ClO2. The van der Waals surface area contributed by atoms with Crippen molar-refractivity contribution in [2.24, 2.45) is 0 Å². The van der Waals surface area contributed by atoms with E-state index in [1.807, 2.05) is 26.0 Å². The normalized spacial score (nSPS) is 12.1. The molecule has 0 radical (unpaired) electrons. The first-order valence-corrected chi connectivity index (χ1v) is 5.62. The molecule has 1 aromatic carbocycles. The predicted octanol–water partition coefficient (Wildman–Crippen LogP) is 3.74. The van der Waals surface area contributed by atoms with Crippen LogP contribution >= 0.6 is 11.6 Å². The van der Waals surface area contributed by atoms with E-state index < -0.39 is 6.10 Å². The first-order valence-electron chi connectivity index (χ1n) is 5.24. The maximum absolute atomic E-state index is 9.38. The van der Waals surface area contributed by atoms with Gasteiger partial charge < -0.3 is 9.84 Å². The van der Waals surface area contributed by atoms with Crippen molar-refractivity contribution >= 4 is 11.6 Å². The van der Waals surface area contributed by atoms with E-state index in [0.717, 1.165) is 5.56 Å². The molecule has 0 saturated heterocycles. The molecular weight excluding hydrogens is 224 g/mol. The Kier molecular flexibility index (Phi) is 4.84. The summed E-state index contributed by atoms with van der Waals surface area (Å²) in [6.45, 7) is 6.24. The average molecular weight is 241 g/mol. The van der Waals surface area contributed by atoms with E-state index in [2.05, 4.69) is 0 Å². The molecule has 0 aliphatic carbocycles. The molecule has 88 valence electrons. The van der Waals surface area contributed by atoms with Gasteiger partial charge in [0.05, 0.1) is 11.1 Å². The van der Waals surface area contributed by atoms with Crippen LogP contribution in [0.15, 0.2) is 29.8 Å². The molecule has 1 N–H and O–H groups in total. The lowest BCUT2D eigenvalue weighted by molar-refractivity contribution is 0.199. The minimum atomic E-state index is -0.510. The summed E-state index contributed by atoms with van der Waals surface area (Å²) in [7, 11) is 0. The van der Waals surface area contributed by atoms with Crippen molar-refractivity contribution in [1.82, 2.24) is 0 Å². The highest BCUT2D eigenvalue weighted by Gasteiger charge is 2.05. The second-order valence-electron chi connectivity index (χ2n) is 3.96. The van der Waals surface area contributed by atoms with Crippen LogP contribution in [0, 0.1) is 0 Å². The van der Waals surface area contributed by atoms with Gasteiger partial charge >= 0.3 is 0 Å². The monoisotopic (exact) mass is 240 g/mol. The summed E-state index contributed by atoms with van der Waals surface area (Å²) in [5.74, 6) is 0.642. The van der Waals surface area contributed by atoms with Crippen LogP contribution in [0.25, 0.3) is 0 Å². The maximum Gasteiger partial charge on any atom is 0.138 e. The standard InChI is InChI=1S/C13H17ClO2/c1-9(2)6-7-16-13-5-4-11(10(3)15)8-12(13)14/h4-6,8,10,15H,7H2,1-3H3. The second-order valence-corrected chi connectivity index (χ2v) is 4.37. The van der Waals surface area contributed by atoms with Gasteiger partial charge in [-0.1, -0.05) is 23.2 Å². The van der Waals surface area contributed by atoms with Gasteiger partial charge in [0.25, 0.3) is 0 Å². The van der Waals surface area contributed by atoms with Crippen LogP contribution < -0.4 is 4.74 Å². The molecule has 1 aromatic rings. The quantitative estimate of drug-likeness (QED) is 0.813. The Balaban J connectivity index is 2.72. The number of benzene rings is 1. The van der Waals surface area contributed by atoms with Gasteiger partial charge in [-0.05, 0) is 44.5 Å². The van der Waals surface area contributed by atoms with E-state index in [4.69, 9.17) is 16.3 Å². The predicted molar refractivity (Wildman–Crippen MR) is 67.0 cm³/mol. The summed E-state index contributed by atoms with van der Waals surface area (Å²) in [4.78, 5) is 0. The summed E-state index contributed by atoms with van der Waals surface area (Å²) in [5, 5.41) is 9.91. The Morgan fingerprint density at radius 3 is 2.69 bits per heavy atom. The van der Waals surface area contributed by atoms with Gasteiger partial charge in [0, 0.05) is 0 Å². The van der Waals surface area contributed by atoms with Crippen LogP contribution in [-0.4, -0.2) is 11.7 Å². The largest absolute Gasteiger partial charge is 0.488 e. The number of hydrogen-bond donors (Lipinski definition) is 1. The SMILES string of the molecule is CC(C)=CCOc1ccc(C(C)O)cc1Cl. The van der Waals surface area contributed by atoms with Crippen molar-refractivity contribution < 1.29 is 9.84 Å². The van der Waals surface area contributed by atoms with Crippen LogP contribution in [0.5, 0.6) is 5.75 Å². The molecule has 0 heterocycles. The average Bonchev–Trinajstić information content (AvgIpc) is 2.19. The Morgan fingerprint density at radius 2 is 2.19 bits per heavy atom. The van der Waals surface area contributed by atoms with Gasteiger partial charge in [-0.2, -0.15) is 0 Å². The van der Waals surface area contributed by atoms with Crippen LogP contribution in [-0.2, 0) is 0 Å². The van der Waals surface area contributed by atoms with E-state index in [-0.39, 0.29) is 0 Å². The van der Waals surface area contributed by atoms with Crippen molar-refractivity contribution in [3.63, 3.8) is 0 Å². The van der Waals surface area contributed by atoms with E-state index >= 15 is 0 Å². The first kappa shape index (κ1) is 13.1. The Labute approximate surface area is 102 Å². The molecule has 0 amide bonds. The topological polar surface area (TPSA) is 29.5 Å². The van der Waals surface area contributed by atoms with E-state index in [1.165, 1.54) is 5.57 Å². The third kappa shape index (κ3) is 3.87. The van der Waals surface area contributed by atoms with Crippen molar-refractivity contribution in [2.45, 2.75) is 26.9 Å². The molecule has 16 heavy (non-hydrogen) atoms. The number of ether oxygens (including phenoxy) is 1. The molecule has 2 nitrogen and oxygen atoms in total. The summed E-state index contributed by atoms with van der Waals surface area (Å²) < 4.78 is 5.49. The third-order valence-electron chi connectivity index (χ3n) is 2.17. The van der Waals surface area contributed by atoms with Gasteiger partial charge in [-0.25, -0.2) is 0 Å². The van der Waals surface area contributed by atoms with E-state index in [0.29, 0.717) is 17.4 Å². The molecule has 3 heteroatoms. The lowest BCUT2D eigenvalue weighted by atomic mass is 10.1. The minimum Gasteiger partial charge on any atom is -0.488 e. The molecule has 0 bridgehead atoms. The Morgan fingerprint density at radius 1 is 1.50 bits per heavy atom. The molecule has 0 aliphatic rings. The summed E-state index contributed by atoms with van der Waals surface area (Å²) in [5.41, 5.74) is 2.00. The van der Waals surface area contributed by atoms with Crippen LogP contribution in [0.2, 0.25) is 5.02 Å². The number of aliphatic hydroxyl groups is 1. The van der Waals surface area contributed by atoms with Gasteiger partial charge in [0.2, 0.25) is 0 Å². The smallest absolute Gasteiger partial charge is 0.138 e. The third-order valence-corrected chi connectivity index (χ3v) is 2.46. The number of halogens is 1. The lowest BCUT2D eigenvalue weighted by Crippen LogP contribution is -1.96. The number of hydrogen-bond acceptors (Lipinski definition) is 2. The van der Waals surface area contributed by atoms with Crippen molar-refractivity contribution in [2.75, 3.05) is 6.61 Å². The number of rotatable bonds is 4. The van der Waals surface area contributed by atoms with Crippen LogP contribution in [0.1, 0.15) is 32.4 Å². The highest BCUT2D eigenvalue weighted by atomic mass is 35.5. The fourth-order valence-electron chi connectivity index (χ4n) is 1.19. The van der Waals surface area contributed by atoms with Gasteiger partial charge in [0.15, 0.2) is 0 Å². The molecule has 0 spiro atoms. The van der Waals surface area contributed by atoms with Gasteiger partial charge in [-0.15, -0.1) is 0 Å². The van der Waals surface area contributed by atoms with Crippen LogP contribution in [0.3, 0.4) is 0 Å². The second kappa shape index (κ2) is 5.92. The molecule has 1 unspecified atom stereocenters. The molecule has 1 atom stereocenters. The van der Waals surface area contributed by atoms with Crippen molar-refractivity contribution in [3.8, 4) is 5.75 Å². The van der Waals surface area contributed by atoms with Gasteiger partial charge in [-0.3, -0.25) is 0 Å².